The topological polar surface area (TPSA) is 73.6 Å². The van der Waals surface area contributed by atoms with Crippen LogP contribution in [0.1, 0.15) is 56.0 Å². The van der Waals surface area contributed by atoms with Gasteiger partial charge in [-0.2, -0.15) is 0 Å². The first-order valence-corrected chi connectivity index (χ1v) is 7.58. The van der Waals surface area contributed by atoms with Crippen molar-refractivity contribution in [3.8, 4) is 5.75 Å². The molecule has 22 heavy (non-hydrogen) atoms. The monoisotopic (exact) mass is 306 g/mol. The summed E-state index contributed by atoms with van der Waals surface area (Å²) in [4.78, 5) is 11.5. The molecule has 3 N–H and O–H groups in total. The van der Waals surface area contributed by atoms with Gasteiger partial charge in [0, 0.05) is 26.0 Å². The van der Waals surface area contributed by atoms with E-state index < -0.39 is 0 Å². The average Bonchev–Trinajstić information content (AvgIpc) is 2.38. The fourth-order valence-electron chi connectivity index (χ4n) is 3.01. The van der Waals surface area contributed by atoms with Gasteiger partial charge in [-0.25, -0.2) is 0 Å². The molecule has 0 saturated carbocycles. The Bertz CT molecular complexity index is 569. The van der Waals surface area contributed by atoms with Gasteiger partial charge in [0.1, 0.15) is 11.4 Å². The second kappa shape index (κ2) is 6.26. The van der Waals surface area contributed by atoms with Crippen LogP contribution in [0.5, 0.6) is 5.75 Å². The quantitative estimate of drug-likeness (QED) is 0.895. The minimum atomic E-state index is -0.318. The predicted molar refractivity (Wildman–Crippen MR) is 85.9 cm³/mol. The third-order valence-corrected chi connectivity index (χ3v) is 3.93. The lowest BCUT2D eigenvalue weighted by Crippen LogP contribution is -2.41. The van der Waals surface area contributed by atoms with Crippen molar-refractivity contribution in [3.05, 3.63) is 28.8 Å². The highest BCUT2D eigenvalue weighted by Gasteiger charge is 2.35. The molecule has 122 valence electrons. The number of ether oxygens (including phenoxy) is 2. The van der Waals surface area contributed by atoms with E-state index in [1.165, 1.54) is 6.92 Å². The van der Waals surface area contributed by atoms with E-state index in [0.29, 0.717) is 6.61 Å². The first-order valence-electron chi connectivity index (χ1n) is 7.58. The third-order valence-electron chi connectivity index (χ3n) is 3.93. The normalized spacial score (nSPS) is 20.7. The summed E-state index contributed by atoms with van der Waals surface area (Å²) in [6.07, 6.45) is 0.724. The standard InChI is InChI=1S/C17H26N2O3/c1-10-6-12(14(18)9-21-5)7-13-15(19-11(2)20)8-17(3,4)22-16(10)13/h6-7,14-15H,8-9,18H2,1-5H3,(H,19,20). The molecule has 1 aromatic rings. The van der Waals surface area contributed by atoms with Crippen molar-refractivity contribution >= 4 is 5.91 Å². The second-order valence-electron chi connectivity index (χ2n) is 6.64. The summed E-state index contributed by atoms with van der Waals surface area (Å²) >= 11 is 0. The van der Waals surface area contributed by atoms with Gasteiger partial charge in [-0.1, -0.05) is 6.07 Å². The minimum Gasteiger partial charge on any atom is -0.487 e. The average molecular weight is 306 g/mol. The molecule has 5 nitrogen and oxygen atoms in total. The number of aryl methyl sites for hydroxylation is 1. The van der Waals surface area contributed by atoms with Crippen LogP contribution in [0.4, 0.5) is 0 Å². The largest absolute Gasteiger partial charge is 0.487 e. The van der Waals surface area contributed by atoms with Gasteiger partial charge < -0.3 is 20.5 Å². The lowest BCUT2D eigenvalue weighted by molar-refractivity contribution is -0.120. The number of fused-ring (bicyclic) bond motifs is 1. The number of hydrogen-bond donors (Lipinski definition) is 2. The lowest BCUT2D eigenvalue weighted by atomic mass is 9.86. The zero-order valence-electron chi connectivity index (χ0n) is 14.0. The van der Waals surface area contributed by atoms with Crippen molar-refractivity contribution in [2.24, 2.45) is 5.73 Å². The number of rotatable bonds is 4. The Morgan fingerprint density at radius 2 is 2.23 bits per heavy atom. The van der Waals surface area contributed by atoms with E-state index in [1.807, 2.05) is 32.9 Å². The van der Waals surface area contributed by atoms with Crippen LogP contribution >= 0.6 is 0 Å². The number of nitrogens with two attached hydrogens (primary N) is 1. The van der Waals surface area contributed by atoms with E-state index in [0.717, 1.165) is 28.9 Å². The van der Waals surface area contributed by atoms with Crippen LogP contribution < -0.4 is 15.8 Å². The van der Waals surface area contributed by atoms with Crippen LogP contribution in [0, 0.1) is 6.92 Å². The first kappa shape index (κ1) is 16.8. The lowest BCUT2D eigenvalue weighted by Gasteiger charge is -2.39. The van der Waals surface area contributed by atoms with Crippen LogP contribution in [0.15, 0.2) is 12.1 Å². The number of hydrogen-bond acceptors (Lipinski definition) is 4. The Morgan fingerprint density at radius 1 is 1.55 bits per heavy atom. The van der Waals surface area contributed by atoms with Crippen LogP contribution in [0.3, 0.4) is 0 Å². The Hall–Kier alpha value is -1.59. The fraction of sp³-hybridized carbons (Fsp3) is 0.588. The van der Waals surface area contributed by atoms with E-state index >= 15 is 0 Å². The summed E-state index contributed by atoms with van der Waals surface area (Å²) in [5.74, 6) is 0.807. The Labute approximate surface area is 132 Å². The van der Waals surface area contributed by atoms with Crippen LogP contribution in [-0.4, -0.2) is 25.2 Å². The second-order valence-corrected chi connectivity index (χ2v) is 6.64. The van der Waals surface area contributed by atoms with Crippen molar-refractivity contribution in [1.29, 1.82) is 0 Å². The maximum absolute atomic E-state index is 11.5. The fourth-order valence-corrected chi connectivity index (χ4v) is 3.01. The van der Waals surface area contributed by atoms with E-state index in [4.69, 9.17) is 15.2 Å². The summed E-state index contributed by atoms with van der Waals surface area (Å²) in [5.41, 5.74) is 8.86. The molecule has 5 heteroatoms. The van der Waals surface area contributed by atoms with Crippen molar-refractivity contribution in [1.82, 2.24) is 5.32 Å². The maximum atomic E-state index is 11.5. The molecule has 0 aliphatic carbocycles. The summed E-state index contributed by atoms with van der Waals surface area (Å²) in [5, 5.41) is 3.03. The molecule has 2 unspecified atom stereocenters. The van der Waals surface area contributed by atoms with Gasteiger partial charge >= 0.3 is 0 Å². The zero-order valence-corrected chi connectivity index (χ0v) is 14.0. The van der Waals surface area contributed by atoms with Gasteiger partial charge in [0.05, 0.1) is 18.7 Å². The molecule has 0 spiro atoms. The maximum Gasteiger partial charge on any atom is 0.217 e. The molecule has 0 bridgehead atoms. The number of methoxy groups -OCH3 is 1. The highest BCUT2D eigenvalue weighted by Crippen LogP contribution is 2.42. The summed E-state index contributed by atoms with van der Waals surface area (Å²) in [6.45, 7) is 8.07. The van der Waals surface area contributed by atoms with Gasteiger partial charge in [0.25, 0.3) is 0 Å². The van der Waals surface area contributed by atoms with Crippen LogP contribution in [0.2, 0.25) is 0 Å². The molecule has 2 atom stereocenters. The Morgan fingerprint density at radius 3 is 2.82 bits per heavy atom. The number of benzene rings is 1. The Kier molecular flexibility index (Phi) is 4.78. The summed E-state index contributed by atoms with van der Waals surface area (Å²) < 4.78 is 11.3. The van der Waals surface area contributed by atoms with E-state index in [2.05, 4.69) is 5.32 Å². The van der Waals surface area contributed by atoms with Crippen molar-refractivity contribution < 1.29 is 14.3 Å². The predicted octanol–water partition coefficient (Wildman–Crippen LogP) is 2.38. The molecule has 1 aliphatic rings. The van der Waals surface area contributed by atoms with Gasteiger partial charge in [-0.15, -0.1) is 0 Å². The number of amides is 1. The first-order chi connectivity index (χ1) is 10.2. The van der Waals surface area contributed by atoms with Gasteiger partial charge in [0.2, 0.25) is 5.91 Å². The van der Waals surface area contributed by atoms with Crippen molar-refractivity contribution in [2.45, 2.75) is 51.8 Å². The molecule has 0 radical (unpaired) electrons. The van der Waals surface area contributed by atoms with Gasteiger partial charge in [0.15, 0.2) is 0 Å². The van der Waals surface area contributed by atoms with Crippen LogP contribution in [-0.2, 0) is 9.53 Å². The molecule has 1 aliphatic heterocycles. The molecule has 1 heterocycles. The highest BCUT2D eigenvalue weighted by molar-refractivity contribution is 5.73. The zero-order chi connectivity index (χ0) is 16.5. The third kappa shape index (κ3) is 3.59. The molecule has 0 fully saturated rings. The van der Waals surface area contributed by atoms with Crippen molar-refractivity contribution in [2.75, 3.05) is 13.7 Å². The SMILES string of the molecule is COCC(N)c1cc(C)c2c(c1)C(NC(C)=O)CC(C)(C)O2. The van der Waals surface area contributed by atoms with Gasteiger partial charge in [-0.05, 0) is 38.0 Å². The molecular formula is C17H26N2O3. The Balaban J connectivity index is 2.46. The van der Waals surface area contributed by atoms with Crippen LogP contribution in [0.25, 0.3) is 0 Å². The summed E-state index contributed by atoms with van der Waals surface area (Å²) in [7, 11) is 1.64. The molecule has 1 amide bonds. The van der Waals surface area contributed by atoms with Gasteiger partial charge in [-0.3, -0.25) is 4.79 Å². The number of carbonyl (C=O) groups excluding carboxylic acids is 1. The molecular weight excluding hydrogens is 280 g/mol. The summed E-state index contributed by atoms with van der Waals surface area (Å²) in [6, 6.07) is 3.81. The highest BCUT2D eigenvalue weighted by atomic mass is 16.5. The smallest absolute Gasteiger partial charge is 0.217 e. The number of nitrogens with one attached hydrogen (secondary N) is 1. The number of carbonyl (C=O) groups is 1. The van der Waals surface area contributed by atoms with E-state index in [1.54, 1.807) is 7.11 Å². The molecule has 0 saturated heterocycles. The molecule has 2 rings (SSSR count). The molecule has 1 aromatic carbocycles. The van der Waals surface area contributed by atoms with E-state index in [9.17, 15) is 4.79 Å². The van der Waals surface area contributed by atoms with Crippen molar-refractivity contribution in [3.63, 3.8) is 0 Å². The van der Waals surface area contributed by atoms with E-state index in [-0.39, 0.29) is 23.6 Å². The minimum absolute atomic E-state index is 0.0436. The molecule has 0 aromatic heterocycles.